The molecule has 2 aromatic rings. The van der Waals surface area contributed by atoms with Crippen molar-refractivity contribution in [3.8, 4) is 17.0 Å². The van der Waals surface area contributed by atoms with Crippen LogP contribution in [0.1, 0.15) is 12.8 Å². The number of aromatic nitrogens is 3. The molecule has 2 atom stereocenters. The number of hydrogen-bond acceptors (Lipinski definition) is 8. The lowest BCUT2D eigenvalue weighted by atomic mass is 10.2. The number of anilines is 3. The van der Waals surface area contributed by atoms with Gasteiger partial charge in [-0.1, -0.05) is 0 Å². The van der Waals surface area contributed by atoms with Gasteiger partial charge in [0.2, 0.25) is 5.95 Å². The van der Waals surface area contributed by atoms with Crippen LogP contribution in [-0.2, 0) is 0 Å². The number of pyridine rings is 1. The highest BCUT2D eigenvalue weighted by molar-refractivity contribution is 5.68. The highest BCUT2D eigenvalue weighted by Crippen LogP contribution is 2.38. The van der Waals surface area contributed by atoms with E-state index in [1.807, 2.05) is 4.90 Å². The minimum Gasteiger partial charge on any atom is -0.431 e. The topological polar surface area (TPSA) is 83.6 Å². The Morgan fingerprint density at radius 2 is 1.91 bits per heavy atom. The summed E-state index contributed by atoms with van der Waals surface area (Å²) < 4.78 is 83.6. The summed E-state index contributed by atoms with van der Waals surface area (Å²) in [5.74, 6) is -2.95. The zero-order valence-electron chi connectivity index (χ0n) is 18.4. The molecule has 0 unspecified atom stereocenters. The van der Waals surface area contributed by atoms with Gasteiger partial charge in [-0.2, -0.15) is 13.8 Å². The summed E-state index contributed by atoms with van der Waals surface area (Å²) in [7, 11) is 0. The summed E-state index contributed by atoms with van der Waals surface area (Å²) in [6.45, 7) is -3.05. The first-order valence-corrected chi connectivity index (χ1v) is 11.1. The third-order valence-corrected chi connectivity index (χ3v) is 6.57. The molecule has 3 fully saturated rings. The van der Waals surface area contributed by atoms with Crippen molar-refractivity contribution in [1.29, 1.82) is 0 Å². The van der Waals surface area contributed by atoms with E-state index >= 15 is 0 Å². The summed E-state index contributed by atoms with van der Waals surface area (Å²) in [6, 6.07) is 2.71. The first-order chi connectivity index (χ1) is 16.6. The first kappa shape index (κ1) is 23.7. The molecule has 2 N–H and O–H groups in total. The van der Waals surface area contributed by atoms with Crippen molar-refractivity contribution < 1.29 is 31.1 Å². The standard InChI is InChI=1S/C21H23F6N7O/c22-16(23)9-33-7-13-4-12(33)8-34(13)17-5-14(11-3-15(35-19(24)25)18(28)29-6-11)30-20(31-17)32-2-1-21(26,27)10-32/h3,5-6,12-13,16,19H,1-2,4,7-10H2,(H2,28,29)/t12-,13-/m0/s1. The lowest BCUT2D eigenvalue weighted by molar-refractivity contribution is -0.0494. The van der Waals surface area contributed by atoms with Crippen LogP contribution in [0, 0.1) is 0 Å². The van der Waals surface area contributed by atoms with Crippen molar-refractivity contribution in [1.82, 2.24) is 19.9 Å². The molecule has 2 aromatic heterocycles. The van der Waals surface area contributed by atoms with E-state index in [1.165, 1.54) is 17.2 Å². The number of hydrogen-bond donors (Lipinski definition) is 1. The smallest absolute Gasteiger partial charge is 0.387 e. The SMILES string of the molecule is Nc1ncc(-c2cc(N3C[C@@H]4C[C@H]3CN4CC(F)F)nc(N3CCC(F)(F)C3)n2)cc1OC(F)F. The molecule has 35 heavy (non-hydrogen) atoms. The molecule has 190 valence electrons. The lowest BCUT2D eigenvalue weighted by Crippen LogP contribution is -2.48. The Labute approximate surface area is 196 Å². The number of nitrogens with two attached hydrogens (primary N) is 1. The Hall–Kier alpha value is -3.03. The van der Waals surface area contributed by atoms with Gasteiger partial charge >= 0.3 is 6.61 Å². The first-order valence-electron chi connectivity index (χ1n) is 11.1. The summed E-state index contributed by atoms with van der Waals surface area (Å²) in [5.41, 5.74) is 6.18. The van der Waals surface area contributed by atoms with E-state index in [9.17, 15) is 26.3 Å². The summed E-state index contributed by atoms with van der Waals surface area (Å²) >= 11 is 0. The van der Waals surface area contributed by atoms with E-state index in [-0.39, 0.29) is 60.4 Å². The van der Waals surface area contributed by atoms with Crippen molar-refractivity contribution in [2.75, 3.05) is 48.3 Å². The summed E-state index contributed by atoms with van der Waals surface area (Å²) in [4.78, 5) is 17.9. The average Bonchev–Trinajstić information content (AvgIpc) is 3.48. The Balaban J connectivity index is 1.49. The van der Waals surface area contributed by atoms with Gasteiger partial charge in [0, 0.05) is 56.0 Å². The maximum absolute atomic E-state index is 13.9. The highest BCUT2D eigenvalue weighted by Gasteiger charge is 2.45. The number of rotatable bonds is 7. The van der Waals surface area contributed by atoms with Gasteiger partial charge in [0.15, 0.2) is 11.6 Å². The third-order valence-electron chi connectivity index (χ3n) is 6.57. The second-order valence-electron chi connectivity index (χ2n) is 8.97. The minimum absolute atomic E-state index is 0.0455. The Bertz CT molecular complexity index is 1090. The van der Waals surface area contributed by atoms with Gasteiger partial charge in [0.1, 0.15) is 5.82 Å². The molecule has 8 nitrogen and oxygen atoms in total. The van der Waals surface area contributed by atoms with Gasteiger partial charge in [-0.3, -0.25) is 4.90 Å². The second-order valence-corrected chi connectivity index (χ2v) is 8.97. The molecule has 0 aliphatic carbocycles. The van der Waals surface area contributed by atoms with Gasteiger partial charge in [0.25, 0.3) is 12.3 Å². The number of ether oxygens (including phenoxy) is 1. The molecule has 3 saturated heterocycles. The van der Waals surface area contributed by atoms with E-state index in [1.54, 1.807) is 11.0 Å². The Morgan fingerprint density at radius 3 is 2.54 bits per heavy atom. The van der Waals surface area contributed by atoms with Crippen molar-refractivity contribution >= 4 is 17.6 Å². The van der Waals surface area contributed by atoms with Crippen LogP contribution in [0.3, 0.4) is 0 Å². The van der Waals surface area contributed by atoms with Crippen LogP contribution in [0.4, 0.5) is 43.9 Å². The molecule has 2 bridgehead atoms. The van der Waals surface area contributed by atoms with Crippen molar-refractivity contribution in [3.05, 3.63) is 18.3 Å². The molecule has 5 heterocycles. The summed E-state index contributed by atoms with van der Waals surface area (Å²) in [6.07, 6.45) is -0.774. The van der Waals surface area contributed by atoms with Gasteiger partial charge < -0.3 is 20.3 Å². The maximum atomic E-state index is 13.9. The number of alkyl halides is 6. The molecule has 5 rings (SSSR count). The van der Waals surface area contributed by atoms with Crippen molar-refractivity contribution in [2.24, 2.45) is 0 Å². The van der Waals surface area contributed by atoms with E-state index in [0.29, 0.717) is 25.3 Å². The van der Waals surface area contributed by atoms with E-state index in [4.69, 9.17) is 5.73 Å². The van der Waals surface area contributed by atoms with Crippen molar-refractivity contribution in [2.45, 2.75) is 43.9 Å². The van der Waals surface area contributed by atoms with Gasteiger partial charge in [-0.25, -0.2) is 27.5 Å². The fourth-order valence-electron chi connectivity index (χ4n) is 4.98. The number of likely N-dealkylation sites (tertiary alicyclic amines) is 1. The molecular formula is C21H23F6N7O. The van der Waals surface area contributed by atoms with Crippen LogP contribution in [0.2, 0.25) is 0 Å². The molecular weight excluding hydrogens is 480 g/mol. The fraction of sp³-hybridized carbons (Fsp3) is 0.571. The molecule has 3 aliphatic heterocycles. The molecule has 0 spiro atoms. The highest BCUT2D eigenvalue weighted by atomic mass is 19.3. The monoisotopic (exact) mass is 503 g/mol. The quantitative estimate of drug-likeness (QED) is 0.578. The van der Waals surface area contributed by atoms with Crippen LogP contribution in [0.15, 0.2) is 18.3 Å². The Morgan fingerprint density at radius 1 is 1.11 bits per heavy atom. The number of nitrogen functional groups attached to an aromatic ring is 1. The lowest BCUT2D eigenvalue weighted by Gasteiger charge is -2.35. The van der Waals surface area contributed by atoms with Gasteiger partial charge in [-0.05, 0) is 12.5 Å². The zero-order chi connectivity index (χ0) is 24.9. The minimum atomic E-state index is -3.12. The van der Waals surface area contributed by atoms with Gasteiger partial charge in [0.05, 0.1) is 18.8 Å². The molecule has 0 radical (unpaired) electrons. The number of halogens is 6. The third kappa shape index (κ3) is 4.88. The van der Waals surface area contributed by atoms with Crippen LogP contribution in [-0.4, -0.2) is 83.6 Å². The van der Waals surface area contributed by atoms with Gasteiger partial charge in [-0.15, -0.1) is 0 Å². The molecule has 14 heteroatoms. The number of piperazine rings is 1. The number of fused-ring (bicyclic) bond motifs is 2. The van der Waals surface area contributed by atoms with Crippen LogP contribution in [0.25, 0.3) is 11.3 Å². The van der Waals surface area contributed by atoms with Crippen molar-refractivity contribution in [3.63, 3.8) is 0 Å². The van der Waals surface area contributed by atoms with Crippen LogP contribution in [0.5, 0.6) is 5.75 Å². The molecule has 0 saturated carbocycles. The zero-order valence-corrected chi connectivity index (χ0v) is 18.4. The predicted octanol–water partition coefficient (Wildman–Crippen LogP) is 3.10. The van der Waals surface area contributed by atoms with E-state index in [2.05, 4.69) is 19.7 Å². The van der Waals surface area contributed by atoms with Crippen LogP contribution >= 0.6 is 0 Å². The fourth-order valence-corrected chi connectivity index (χ4v) is 4.98. The molecule has 0 amide bonds. The van der Waals surface area contributed by atoms with Crippen LogP contribution < -0.4 is 20.3 Å². The second kappa shape index (κ2) is 8.88. The van der Waals surface area contributed by atoms with E-state index < -0.39 is 25.5 Å². The largest absolute Gasteiger partial charge is 0.431 e. The summed E-state index contributed by atoms with van der Waals surface area (Å²) in [5, 5.41) is 0. The molecule has 3 aliphatic rings. The maximum Gasteiger partial charge on any atom is 0.387 e. The molecule has 0 aromatic carbocycles. The Kier molecular flexibility index (Phi) is 6.01. The number of nitrogens with zero attached hydrogens (tertiary/aromatic N) is 6. The predicted molar refractivity (Wildman–Crippen MR) is 115 cm³/mol. The average molecular weight is 503 g/mol. The normalized spacial score (nSPS) is 23.8. The van der Waals surface area contributed by atoms with E-state index in [0.717, 1.165) is 0 Å².